The van der Waals surface area contributed by atoms with E-state index in [4.69, 9.17) is 0 Å². The van der Waals surface area contributed by atoms with Gasteiger partial charge in [0.05, 0.1) is 0 Å². The Morgan fingerprint density at radius 1 is 0.958 bits per heavy atom. The number of anilines is 1. The molecule has 0 radical (unpaired) electrons. The van der Waals surface area contributed by atoms with Crippen molar-refractivity contribution in [3.8, 4) is 0 Å². The predicted octanol–water partition coefficient (Wildman–Crippen LogP) is 4.26. The summed E-state index contributed by atoms with van der Waals surface area (Å²) in [5, 5.41) is 3.01. The van der Waals surface area contributed by atoms with E-state index in [1.165, 1.54) is 0 Å². The van der Waals surface area contributed by atoms with Crippen LogP contribution in [0, 0.1) is 5.92 Å². The highest BCUT2D eigenvalue weighted by Gasteiger charge is 2.22. The van der Waals surface area contributed by atoms with E-state index in [9.17, 15) is 9.00 Å². The molecule has 1 fully saturated rings. The van der Waals surface area contributed by atoms with Crippen LogP contribution in [-0.2, 0) is 27.1 Å². The quantitative estimate of drug-likeness (QED) is 0.853. The minimum Gasteiger partial charge on any atom is -0.326 e. The Hall–Kier alpha value is -1.94. The van der Waals surface area contributed by atoms with Gasteiger partial charge in [-0.15, -0.1) is 0 Å². The SMILES string of the molecule is O=C(Nc1cccc(C[S@](=O)Cc2ccccc2)c1)C1CCCC1. The van der Waals surface area contributed by atoms with Crippen LogP contribution in [0.2, 0.25) is 0 Å². The van der Waals surface area contributed by atoms with Crippen LogP contribution in [0.25, 0.3) is 0 Å². The van der Waals surface area contributed by atoms with Crippen molar-refractivity contribution < 1.29 is 9.00 Å². The molecule has 1 aliphatic carbocycles. The molecular weight excluding hydrogens is 318 g/mol. The molecule has 1 aliphatic rings. The zero-order valence-corrected chi connectivity index (χ0v) is 14.6. The van der Waals surface area contributed by atoms with Crippen LogP contribution in [-0.4, -0.2) is 10.1 Å². The van der Waals surface area contributed by atoms with Crippen molar-refractivity contribution in [3.05, 3.63) is 65.7 Å². The van der Waals surface area contributed by atoms with E-state index in [0.29, 0.717) is 11.5 Å². The third kappa shape index (κ3) is 4.78. The van der Waals surface area contributed by atoms with Gasteiger partial charge in [0.1, 0.15) is 0 Å². The highest BCUT2D eigenvalue weighted by atomic mass is 32.2. The summed E-state index contributed by atoms with van der Waals surface area (Å²) in [6, 6.07) is 17.6. The summed E-state index contributed by atoms with van der Waals surface area (Å²) in [7, 11) is -0.958. The molecule has 24 heavy (non-hydrogen) atoms. The molecule has 3 rings (SSSR count). The molecule has 0 aliphatic heterocycles. The summed E-state index contributed by atoms with van der Waals surface area (Å²) >= 11 is 0. The van der Waals surface area contributed by atoms with Crippen LogP contribution < -0.4 is 5.32 Å². The monoisotopic (exact) mass is 341 g/mol. The Kier molecular flexibility index (Phi) is 5.81. The highest BCUT2D eigenvalue weighted by molar-refractivity contribution is 7.83. The van der Waals surface area contributed by atoms with E-state index in [0.717, 1.165) is 42.5 Å². The third-order valence-electron chi connectivity index (χ3n) is 4.42. The van der Waals surface area contributed by atoms with Gasteiger partial charge >= 0.3 is 0 Å². The molecule has 0 unspecified atom stereocenters. The molecule has 2 aromatic carbocycles. The van der Waals surface area contributed by atoms with Crippen LogP contribution in [0.5, 0.6) is 0 Å². The first kappa shape index (κ1) is 16.9. The second-order valence-electron chi connectivity index (χ2n) is 6.39. The molecule has 1 N–H and O–H groups in total. The average Bonchev–Trinajstić information content (AvgIpc) is 3.10. The lowest BCUT2D eigenvalue weighted by molar-refractivity contribution is -0.119. The van der Waals surface area contributed by atoms with Gasteiger partial charge in [0.2, 0.25) is 5.91 Å². The van der Waals surface area contributed by atoms with E-state index < -0.39 is 10.8 Å². The Morgan fingerprint density at radius 2 is 1.62 bits per heavy atom. The van der Waals surface area contributed by atoms with Crippen LogP contribution in [0.3, 0.4) is 0 Å². The van der Waals surface area contributed by atoms with Gasteiger partial charge < -0.3 is 5.32 Å². The largest absolute Gasteiger partial charge is 0.326 e. The molecule has 4 heteroatoms. The molecule has 0 heterocycles. The van der Waals surface area contributed by atoms with E-state index in [-0.39, 0.29) is 11.8 Å². The second kappa shape index (κ2) is 8.25. The van der Waals surface area contributed by atoms with Crippen LogP contribution in [0.4, 0.5) is 5.69 Å². The maximum Gasteiger partial charge on any atom is 0.227 e. The van der Waals surface area contributed by atoms with E-state index >= 15 is 0 Å². The lowest BCUT2D eigenvalue weighted by atomic mass is 10.1. The standard InChI is InChI=1S/C20H23NO2S/c22-20(18-10-4-5-11-18)21-19-12-6-9-17(13-19)15-24(23)14-16-7-2-1-3-8-16/h1-3,6-9,12-13,18H,4-5,10-11,14-15H2,(H,21,22)/t24-/m1/s1. The summed E-state index contributed by atoms with van der Waals surface area (Å²) in [5.74, 6) is 1.33. The number of carbonyl (C=O) groups excluding carboxylic acids is 1. The zero-order chi connectivity index (χ0) is 16.8. The summed E-state index contributed by atoms with van der Waals surface area (Å²) in [5.41, 5.74) is 2.89. The first-order valence-corrected chi connectivity index (χ1v) is 9.98. The zero-order valence-electron chi connectivity index (χ0n) is 13.7. The fraction of sp³-hybridized carbons (Fsp3) is 0.350. The molecule has 3 nitrogen and oxygen atoms in total. The molecular formula is C20H23NO2S. The molecule has 0 aromatic heterocycles. The Labute approximate surface area is 145 Å². The van der Waals surface area contributed by atoms with Crippen molar-refractivity contribution in [2.45, 2.75) is 37.2 Å². The number of benzene rings is 2. The number of hydrogen-bond donors (Lipinski definition) is 1. The van der Waals surface area contributed by atoms with Gasteiger partial charge in [-0.2, -0.15) is 0 Å². The van der Waals surface area contributed by atoms with Crippen LogP contribution in [0.15, 0.2) is 54.6 Å². The Morgan fingerprint density at radius 3 is 2.38 bits per heavy atom. The summed E-state index contributed by atoms with van der Waals surface area (Å²) in [6.45, 7) is 0. The summed E-state index contributed by atoms with van der Waals surface area (Å²) < 4.78 is 12.3. The average molecular weight is 341 g/mol. The first-order chi connectivity index (χ1) is 11.7. The first-order valence-electron chi connectivity index (χ1n) is 8.49. The maximum atomic E-state index is 12.3. The predicted molar refractivity (Wildman–Crippen MR) is 99.0 cm³/mol. The topological polar surface area (TPSA) is 46.2 Å². The number of nitrogens with one attached hydrogen (secondary N) is 1. The van der Waals surface area contributed by atoms with Crippen LogP contribution >= 0.6 is 0 Å². The Balaban J connectivity index is 1.58. The smallest absolute Gasteiger partial charge is 0.227 e. The molecule has 1 saturated carbocycles. The number of hydrogen-bond acceptors (Lipinski definition) is 2. The van der Waals surface area contributed by atoms with Crippen molar-refractivity contribution in [2.75, 3.05) is 5.32 Å². The van der Waals surface area contributed by atoms with Gasteiger partial charge in [0.25, 0.3) is 0 Å². The molecule has 1 amide bonds. The van der Waals surface area contributed by atoms with E-state index in [2.05, 4.69) is 5.32 Å². The van der Waals surface area contributed by atoms with Crippen molar-refractivity contribution in [3.63, 3.8) is 0 Å². The fourth-order valence-electron chi connectivity index (χ4n) is 3.17. The Bertz CT molecular complexity index is 709. The maximum absolute atomic E-state index is 12.3. The highest BCUT2D eigenvalue weighted by Crippen LogP contribution is 2.26. The van der Waals surface area contributed by atoms with Crippen molar-refractivity contribution in [2.24, 2.45) is 5.92 Å². The molecule has 0 bridgehead atoms. The number of rotatable bonds is 6. The van der Waals surface area contributed by atoms with Gasteiger partial charge in [0.15, 0.2) is 0 Å². The van der Waals surface area contributed by atoms with Gasteiger partial charge in [-0.25, -0.2) is 0 Å². The summed E-state index contributed by atoms with van der Waals surface area (Å²) in [4.78, 5) is 12.2. The molecule has 126 valence electrons. The lowest BCUT2D eigenvalue weighted by Crippen LogP contribution is -2.20. The van der Waals surface area contributed by atoms with Gasteiger partial charge in [-0.3, -0.25) is 9.00 Å². The fourth-order valence-corrected chi connectivity index (χ4v) is 4.39. The van der Waals surface area contributed by atoms with Crippen molar-refractivity contribution in [1.29, 1.82) is 0 Å². The second-order valence-corrected chi connectivity index (χ2v) is 7.84. The van der Waals surface area contributed by atoms with Gasteiger partial charge in [-0.1, -0.05) is 55.3 Å². The number of amides is 1. The molecule has 2 aromatic rings. The molecule has 0 saturated heterocycles. The van der Waals surface area contributed by atoms with Crippen molar-refractivity contribution in [1.82, 2.24) is 0 Å². The molecule has 1 atom stereocenters. The van der Waals surface area contributed by atoms with E-state index in [1.807, 2.05) is 54.6 Å². The number of carbonyl (C=O) groups is 1. The van der Waals surface area contributed by atoms with Crippen LogP contribution in [0.1, 0.15) is 36.8 Å². The lowest BCUT2D eigenvalue weighted by Gasteiger charge is -2.11. The normalized spacial score (nSPS) is 16.0. The minimum atomic E-state index is -0.958. The minimum absolute atomic E-state index is 0.120. The van der Waals surface area contributed by atoms with Crippen molar-refractivity contribution >= 4 is 22.4 Å². The third-order valence-corrected chi connectivity index (χ3v) is 5.73. The van der Waals surface area contributed by atoms with Gasteiger partial charge in [0, 0.05) is 33.9 Å². The summed E-state index contributed by atoms with van der Waals surface area (Å²) in [6.07, 6.45) is 4.28. The molecule has 0 spiro atoms. The van der Waals surface area contributed by atoms with Gasteiger partial charge in [-0.05, 0) is 36.1 Å². The van der Waals surface area contributed by atoms with E-state index in [1.54, 1.807) is 0 Å².